The molecule has 0 bridgehead atoms. The summed E-state index contributed by atoms with van der Waals surface area (Å²) in [4.78, 5) is 0.423. The summed E-state index contributed by atoms with van der Waals surface area (Å²) in [5.74, 6) is 0.0273. The van der Waals surface area contributed by atoms with Crippen molar-refractivity contribution in [3.63, 3.8) is 0 Å². The van der Waals surface area contributed by atoms with E-state index in [0.29, 0.717) is 18.1 Å². The first-order valence-electron chi connectivity index (χ1n) is 5.56. The number of hydrogen-bond donors (Lipinski definition) is 2. The fourth-order valence-electron chi connectivity index (χ4n) is 1.88. The molecule has 7 heteroatoms. The van der Waals surface area contributed by atoms with E-state index >= 15 is 0 Å². The highest BCUT2D eigenvalue weighted by Gasteiger charge is 2.34. The van der Waals surface area contributed by atoms with Crippen LogP contribution in [0.15, 0.2) is 0 Å². The van der Waals surface area contributed by atoms with Crippen LogP contribution >= 0.6 is 12.2 Å². The topological polar surface area (TPSA) is 75.4 Å². The molecule has 1 atom stereocenters. The average molecular weight is 263 g/mol. The standard InChI is InChI=1S/C9H17N3O2S2/c10-9(15)7-2-1-5-12(6-7)16(13,14)11-8-3-4-8/h7-8,11H,1-6H2,(H2,10,15). The lowest BCUT2D eigenvalue weighted by molar-refractivity contribution is 0.308. The van der Waals surface area contributed by atoms with Crippen LogP contribution in [0.25, 0.3) is 0 Å². The number of thiocarbonyl (C=S) groups is 1. The molecule has 1 aliphatic heterocycles. The number of nitrogens with one attached hydrogen (secondary N) is 1. The first-order chi connectivity index (χ1) is 7.49. The first-order valence-corrected chi connectivity index (χ1v) is 7.40. The van der Waals surface area contributed by atoms with Gasteiger partial charge < -0.3 is 5.73 Å². The van der Waals surface area contributed by atoms with Gasteiger partial charge in [0.25, 0.3) is 10.2 Å². The highest BCUT2D eigenvalue weighted by Crippen LogP contribution is 2.23. The van der Waals surface area contributed by atoms with Gasteiger partial charge >= 0.3 is 0 Å². The zero-order valence-corrected chi connectivity index (χ0v) is 10.7. The van der Waals surface area contributed by atoms with Crippen LogP contribution in [0, 0.1) is 5.92 Å². The fraction of sp³-hybridized carbons (Fsp3) is 0.889. The Morgan fingerprint density at radius 2 is 2.06 bits per heavy atom. The van der Waals surface area contributed by atoms with Gasteiger partial charge in [0.2, 0.25) is 0 Å². The van der Waals surface area contributed by atoms with Crippen molar-refractivity contribution in [2.75, 3.05) is 13.1 Å². The second kappa shape index (κ2) is 4.56. The van der Waals surface area contributed by atoms with Crippen molar-refractivity contribution in [2.45, 2.75) is 31.7 Å². The Morgan fingerprint density at radius 1 is 1.38 bits per heavy atom. The van der Waals surface area contributed by atoms with E-state index < -0.39 is 10.2 Å². The van der Waals surface area contributed by atoms with E-state index in [9.17, 15) is 8.42 Å². The molecule has 92 valence electrons. The van der Waals surface area contributed by atoms with Gasteiger partial charge in [-0.15, -0.1) is 0 Å². The van der Waals surface area contributed by atoms with E-state index in [2.05, 4.69) is 4.72 Å². The van der Waals surface area contributed by atoms with Gasteiger partial charge in [-0.1, -0.05) is 12.2 Å². The van der Waals surface area contributed by atoms with Crippen LogP contribution in [0.4, 0.5) is 0 Å². The SMILES string of the molecule is NC(=S)C1CCCN(S(=O)(=O)NC2CC2)C1. The third-order valence-corrected chi connectivity index (χ3v) is 5.00. The molecule has 0 spiro atoms. The molecule has 2 fully saturated rings. The minimum atomic E-state index is -3.32. The van der Waals surface area contributed by atoms with E-state index in [1.807, 2.05) is 0 Å². The second-order valence-electron chi connectivity index (χ2n) is 4.50. The Bertz CT molecular complexity index is 378. The van der Waals surface area contributed by atoms with Gasteiger partial charge in [0.15, 0.2) is 0 Å². The van der Waals surface area contributed by atoms with Crippen molar-refractivity contribution in [2.24, 2.45) is 11.7 Å². The molecule has 0 aromatic heterocycles. The molecule has 1 saturated heterocycles. The van der Waals surface area contributed by atoms with E-state index in [-0.39, 0.29) is 12.0 Å². The average Bonchev–Trinajstić information content (AvgIpc) is 3.01. The van der Waals surface area contributed by atoms with Crippen LogP contribution in [-0.2, 0) is 10.2 Å². The predicted octanol–water partition coefficient (Wildman–Crippen LogP) is -0.0187. The predicted molar refractivity (Wildman–Crippen MR) is 66.2 cm³/mol. The van der Waals surface area contributed by atoms with Gasteiger partial charge in [-0.25, -0.2) is 0 Å². The number of piperidine rings is 1. The maximum absolute atomic E-state index is 11.9. The summed E-state index contributed by atoms with van der Waals surface area (Å²) in [5, 5.41) is 0. The summed E-state index contributed by atoms with van der Waals surface area (Å²) in [6.45, 7) is 0.999. The van der Waals surface area contributed by atoms with E-state index in [1.54, 1.807) is 0 Å². The minimum absolute atomic E-state index is 0.0273. The normalized spacial score (nSPS) is 27.9. The summed E-state index contributed by atoms with van der Waals surface area (Å²) in [6, 6.07) is 0.148. The van der Waals surface area contributed by atoms with Crippen LogP contribution in [0.1, 0.15) is 25.7 Å². The number of nitrogens with zero attached hydrogens (tertiary/aromatic N) is 1. The van der Waals surface area contributed by atoms with Crippen LogP contribution in [-0.4, -0.2) is 36.8 Å². The lowest BCUT2D eigenvalue weighted by Gasteiger charge is -2.31. The fourth-order valence-corrected chi connectivity index (χ4v) is 3.62. The first kappa shape index (κ1) is 12.2. The molecule has 16 heavy (non-hydrogen) atoms. The van der Waals surface area contributed by atoms with Crippen LogP contribution in [0.3, 0.4) is 0 Å². The summed E-state index contributed by atoms with van der Waals surface area (Å²) >= 11 is 4.93. The van der Waals surface area contributed by atoms with Crippen molar-refractivity contribution in [3.8, 4) is 0 Å². The second-order valence-corrected chi connectivity index (χ2v) is 6.67. The molecule has 1 aliphatic carbocycles. The highest BCUT2D eigenvalue weighted by molar-refractivity contribution is 7.87. The molecular formula is C9H17N3O2S2. The Kier molecular flexibility index (Phi) is 3.48. The third-order valence-electron chi connectivity index (χ3n) is 3.02. The van der Waals surface area contributed by atoms with Gasteiger partial charge in [-0.05, 0) is 25.7 Å². The monoisotopic (exact) mass is 263 g/mol. The van der Waals surface area contributed by atoms with Crippen LogP contribution in [0.5, 0.6) is 0 Å². The van der Waals surface area contributed by atoms with Gasteiger partial charge in [0.05, 0.1) is 4.99 Å². The molecule has 0 radical (unpaired) electrons. The van der Waals surface area contributed by atoms with Crippen LogP contribution < -0.4 is 10.5 Å². The Balaban J connectivity index is 1.99. The molecule has 1 saturated carbocycles. The van der Waals surface area contributed by atoms with Crippen molar-refractivity contribution >= 4 is 27.4 Å². The van der Waals surface area contributed by atoms with Crippen molar-refractivity contribution < 1.29 is 8.42 Å². The van der Waals surface area contributed by atoms with Crippen molar-refractivity contribution in [1.82, 2.24) is 9.03 Å². The Labute approximate surface area is 102 Å². The molecule has 0 aromatic rings. The molecule has 1 heterocycles. The zero-order chi connectivity index (χ0) is 11.8. The molecule has 0 aromatic carbocycles. The maximum atomic E-state index is 11.9. The number of hydrogen-bond acceptors (Lipinski definition) is 3. The summed E-state index contributed by atoms with van der Waals surface area (Å²) in [6.07, 6.45) is 3.62. The van der Waals surface area contributed by atoms with Gasteiger partial charge in [0.1, 0.15) is 0 Å². The number of rotatable bonds is 4. The summed E-state index contributed by atoms with van der Waals surface area (Å²) in [5.41, 5.74) is 5.58. The van der Waals surface area contributed by atoms with E-state index in [4.69, 9.17) is 18.0 Å². The minimum Gasteiger partial charge on any atom is -0.393 e. The molecular weight excluding hydrogens is 246 g/mol. The zero-order valence-electron chi connectivity index (χ0n) is 9.05. The lowest BCUT2D eigenvalue weighted by Crippen LogP contribution is -2.48. The third kappa shape index (κ3) is 2.91. The van der Waals surface area contributed by atoms with Crippen molar-refractivity contribution in [3.05, 3.63) is 0 Å². The smallest absolute Gasteiger partial charge is 0.279 e. The molecule has 3 N–H and O–H groups in total. The Hall–Kier alpha value is -0.240. The quantitative estimate of drug-likeness (QED) is 0.699. The molecule has 1 unspecified atom stereocenters. The summed E-state index contributed by atoms with van der Waals surface area (Å²) < 4.78 is 28.0. The Morgan fingerprint density at radius 3 is 2.62 bits per heavy atom. The van der Waals surface area contributed by atoms with E-state index in [0.717, 1.165) is 25.7 Å². The van der Waals surface area contributed by atoms with E-state index in [1.165, 1.54) is 4.31 Å². The maximum Gasteiger partial charge on any atom is 0.279 e. The van der Waals surface area contributed by atoms with Gasteiger partial charge in [-0.2, -0.15) is 17.4 Å². The highest BCUT2D eigenvalue weighted by atomic mass is 32.2. The van der Waals surface area contributed by atoms with Crippen molar-refractivity contribution in [1.29, 1.82) is 0 Å². The van der Waals surface area contributed by atoms with Crippen LogP contribution in [0.2, 0.25) is 0 Å². The molecule has 0 amide bonds. The van der Waals surface area contributed by atoms with Gasteiger partial charge in [0, 0.05) is 25.0 Å². The molecule has 5 nitrogen and oxygen atoms in total. The lowest BCUT2D eigenvalue weighted by atomic mass is 10.0. The summed E-state index contributed by atoms with van der Waals surface area (Å²) in [7, 11) is -3.32. The molecule has 2 rings (SSSR count). The molecule has 2 aliphatic rings. The number of nitrogens with two attached hydrogens (primary N) is 1. The van der Waals surface area contributed by atoms with Gasteiger partial charge in [-0.3, -0.25) is 0 Å². The largest absolute Gasteiger partial charge is 0.393 e.